The van der Waals surface area contributed by atoms with Crippen LogP contribution in [-0.2, 0) is 5.41 Å². The molecule has 11 aromatic rings. The van der Waals surface area contributed by atoms with Crippen molar-refractivity contribution in [3.8, 4) is 56.2 Å². The molecule has 0 saturated carbocycles. The van der Waals surface area contributed by atoms with Gasteiger partial charge in [-0.25, -0.2) is 9.97 Å². The lowest BCUT2D eigenvalue weighted by Gasteiger charge is -2.22. The van der Waals surface area contributed by atoms with Crippen LogP contribution in [0.2, 0.25) is 0 Å². The van der Waals surface area contributed by atoms with E-state index in [-0.39, 0.29) is 5.41 Å². The Labute approximate surface area is 335 Å². The van der Waals surface area contributed by atoms with Gasteiger partial charge in [0.25, 0.3) is 0 Å². The summed E-state index contributed by atoms with van der Waals surface area (Å²) >= 11 is 0. The summed E-state index contributed by atoms with van der Waals surface area (Å²) in [7, 11) is 0. The number of benzene rings is 9. The maximum atomic E-state index is 6.38. The molecule has 1 aliphatic rings. The third-order valence-corrected chi connectivity index (χ3v) is 12.5. The molecule has 0 N–H and O–H groups in total. The first kappa shape index (κ1) is 32.8. The largest absolute Gasteiger partial charge is 0.456 e. The second-order valence-electron chi connectivity index (χ2n) is 16.1. The van der Waals surface area contributed by atoms with E-state index in [4.69, 9.17) is 14.4 Å². The Balaban J connectivity index is 1.06. The highest BCUT2D eigenvalue weighted by molar-refractivity contribution is 6.19. The van der Waals surface area contributed by atoms with Crippen molar-refractivity contribution in [3.63, 3.8) is 0 Å². The van der Waals surface area contributed by atoms with E-state index in [9.17, 15) is 0 Å². The van der Waals surface area contributed by atoms with Gasteiger partial charge in [-0.3, -0.25) is 0 Å². The first-order valence-corrected chi connectivity index (χ1v) is 20.0. The average molecular weight is 741 g/mol. The van der Waals surface area contributed by atoms with Crippen LogP contribution in [0.1, 0.15) is 25.0 Å². The van der Waals surface area contributed by atoms with Gasteiger partial charge in [-0.05, 0) is 108 Å². The van der Waals surface area contributed by atoms with Crippen molar-refractivity contribution >= 4 is 54.3 Å². The number of fused-ring (bicyclic) bond motifs is 10. The van der Waals surface area contributed by atoms with Crippen LogP contribution in [0.25, 0.3) is 110 Å². The molecule has 0 aliphatic heterocycles. The topological polar surface area (TPSA) is 38.9 Å². The van der Waals surface area contributed by atoms with Crippen LogP contribution in [-0.4, -0.2) is 9.97 Å². The molecule has 3 nitrogen and oxygen atoms in total. The lowest BCUT2D eigenvalue weighted by atomic mass is 9.81. The molecule has 0 radical (unpaired) electrons. The summed E-state index contributed by atoms with van der Waals surface area (Å²) in [6.07, 6.45) is 0. The number of hydrogen-bond donors (Lipinski definition) is 0. The number of furan rings is 1. The van der Waals surface area contributed by atoms with Crippen LogP contribution in [0, 0.1) is 0 Å². The zero-order valence-corrected chi connectivity index (χ0v) is 32.1. The van der Waals surface area contributed by atoms with Gasteiger partial charge >= 0.3 is 0 Å². The molecule has 58 heavy (non-hydrogen) atoms. The molecule has 0 amide bonds. The highest BCUT2D eigenvalue weighted by atomic mass is 16.3. The number of aromatic nitrogens is 2. The summed E-state index contributed by atoms with van der Waals surface area (Å²) in [5, 5.41) is 9.47. The van der Waals surface area contributed by atoms with Crippen LogP contribution in [0.4, 0.5) is 0 Å². The van der Waals surface area contributed by atoms with Crippen molar-refractivity contribution in [3.05, 3.63) is 193 Å². The predicted molar refractivity (Wildman–Crippen MR) is 241 cm³/mol. The summed E-state index contributed by atoms with van der Waals surface area (Å²) in [5.74, 6) is 0.691. The van der Waals surface area contributed by atoms with E-state index in [1.165, 1.54) is 60.3 Å². The van der Waals surface area contributed by atoms with Crippen molar-refractivity contribution in [1.82, 2.24) is 9.97 Å². The lowest BCUT2D eigenvalue weighted by molar-refractivity contribution is 0.661. The molecule has 2 heterocycles. The molecular formula is C55H36N2O. The van der Waals surface area contributed by atoms with Crippen LogP contribution in [0.15, 0.2) is 186 Å². The number of rotatable bonds is 4. The molecule has 0 unspecified atom stereocenters. The summed E-state index contributed by atoms with van der Waals surface area (Å²) in [6.45, 7) is 4.73. The zero-order valence-electron chi connectivity index (χ0n) is 32.1. The summed E-state index contributed by atoms with van der Waals surface area (Å²) in [6, 6.07) is 65.3. The van der Waals surface area contributed by atoms with E-state index in [1.807, 2.05) is 18.2 Å². The monoisotopic (exact) mass is 740 g/mol. The Kier molecular flexibility index (Phi) is 6.98. The van der Waals surface area contributed by atoms with Crippen LogP contribution in [0.3, 0.4) is 0 Å². The van der Waals surface area contributed by atoms with Gasteiger partial charge in [-0.2, -0.15) is 0 Å². The summed E-state index contributed by atoms with van der Waals surface area (Å²) in [4.78, 5) is 10.5. The van der Waals surface area contributed by atoms with Gasteiger partial charge < -0.3 is 4.42 Å². The molecule has 9 aromatic carbocycles. The molecule has 0 fully saturated rings. The zero-order chi connectivity index (χ0) is 38.5. The standard InChI is InChI=1S/C55H36N2O/c1-55(2)46-22-12-21-43(52(46)44-29-35-16-6-7-17-36(35)31-47(44)55)41-25-26-42(40-20-11-10-19-39(40)41)49-32-48(56-54(57-49)34-14-4-3-5-15-34)37-24-27-50-45(30-37)53-38-18-9-8-13-33(38)23-28-51(53)58-50/h3-32H,1-2H3. The van der Waals surface area contributed by atoms with E-state index in [0.29, 0.717) is 5.82 Å². The minimum absolute atomic E-state index is 0.121. The highest BCUT2D eigenvalue weighted by Crippen LogP contribution is 2.54. The van der Waals surface area contributed by atoms with Gasteiger partial charge in [0, 0.05) is 32.9 Å². The Bertz CT molecular complexity index is 3480. The molecule has 2 aromatic heterocycles. The molecule has 0 bridgehead atoms. The average Bonchev–Trinajstić information content (AvgIpc) is 3.76. The van der Waals surface area contributed by atoms with Gasteiger partial charge in [-0.1, -0.05) is 153 Å². The van der Waals surface area contributed by atoms with Crippen molar-refractivity contribution in [1.29, 1.82) is 0 Å². The molecular weight excluding hydrogens is 705 g/mol. The van der Waals surface area contributed by atoms with E-state index in [2.05, 4.69) is 178 Å². The molecule has 3 heteroatoms. The molecule has 0 atom stereocenters. The normalized spacial score (nSPS) is 13.1. The van der Waals surface area contributed by atoms with E-state index < -0.39 is 0 Å². The van der Waals surface area contributed by atoms with Crippen molar-refractivity contribution in [2.75, 3.05) is 0 Å². The maximum Gasteiger partial charge on any atom is 0.160 e. The fourth-order valence-corrected chi connectivity index (χ4v) is 9.61. The van der Waals surface area contributed by atoms with Crippen LogP contribution >= 0.6 is 0 Å². The molecule has 272 valence electrons. The smallest absolute Gasteiger partial charge is 0.160 e. The molecule has 1 aliphatic carbocycles. The second kappa shape index (κ2) is 12.3. The predicted octanol–water partition coefficient (Wildman–Crippen LogP) is 14.8. The third-order valence-electron chi connectivity index (χ3n) is 12.5. The fourth-order valence-electron chi connectivity index (χ4n) is 9.61. The number of nitrogens with zero attached hydrogens (tertiary/aromatic N) is 2. The molecule has 0 saturated heterocycles. The van der Waals surface area contributed by atoms with Gasteiger partial charge in [0.05, 0.1) is 11.4 Å². The highest BCUT2D eigenvalue weighted by Gasteiger charge is 2.37. The Morgan fingerprint density at radius 3 is 1.90 bits per heavy atom. The van der Waals surface area contributed by atoms with Crippen molar-refractivity contribution in [2.45, 2.75) is 19.3 Å². The minimum Gasteiger partial charge on any atom is -0.456 e. The van der Waals surface area contributed by atoms with Crippen LogP contribution < -0.4 is 0 Å². The summed E-state index contributed by atoms with van der Waals surface area (Å²) < 4.78 is 6.38. The second-order valence-corrected chi connectivity index (χ2v) is 16.1. The first-order valence-electron chi connectivity index (χ1n) is 20.0. The molecule has 0 spiro atoms. The third kappa shape index (κ3) is 4.86. The van der Waals surface area contributed by atoms with E-state index in [0.717, 1.165) is 55.4 Å². The molecule has 12 rings (SSSR count). The summed E-state index contributed by atoms with van der Waals surface area (Å²) in [5.41, 5.74) is 14.3. The lowest BCUT2D eigenvalue weighted by Crippen LogP contribution is -2.14. The minimum atomic E-state index is -0.121. The maximum absolute atomic E-state index is 6.38. The Morgan fingerprint density at radius 2 is 1.07 bits per heavy atom. The van der Waals surface area contributed by atoms with E-state index in [1.54, 1.807) is 0 Å². The van der Waals surface area contributed by atoms with Crippen LogP contribution in [0.5, 0.6) is 0 Å². The Morgan fingerprint density at radius 1 is 0.397 bits per heavy atom. The fraction of sp³-hybridized carbons (Fsp3) is 0.0545. The van der Waals surface area contributed by atoms with E-state index >= 15 is 0 Å². The first-order chi connectivity index (χ1) is 28.5. The van der Waals surface area contributed by atoms with Crippen molar-refractivity contribution < 1.29 is 4.42 Å². The Hall–Kier alpha value is -7.36. The van der Waals surface area contributed by atoms with Gasteiger partial charge in [0.15, 0.2) is 5.82 Å². The quantitative estimate of drug-likeness (QED) is 0.180. The number of hydrogen-bond acceptors (Lipinski definition) is 3. The SMILES string of the molecule is CC1(C)c2cc3ccccc3cc2-c2c(-c3ccc(-c4cc(-c5ccc6oc7ccc8ccccc8c7c6c5)nc(-c5ccccc5)n4)c4ccccc34)cccc21. The van der Waals surface area contributed by atoms with Crippen molar-refractivity contribution in [2.24, 2.45) is 0 Å². The van der Waals surface area contributed by atoms with Gasteiger partial charge in [0.1, 0.15) is 11.2 Å². The van der Waals surface area contributed by atoms with Gasteiger partial charge in [-0.15, -0.1) is 0 Å². The van der Waals surface area contributed by atoms with Gasteiger partial charge in [0.2, 0.25) is 0 Å².